The van der Waals surface area contributed by atoms with Crippen molar-refractivity contribution in [3.05, 3.63) is 63.4 Å². The summed E-state index contributed by atoms with van der Waals surface area (Å²) in [5.74, 6) is -1.08. The van der Waals surface area contributed by atoms with Crippen LogP contribution in [0, 0.1) is 28.2 Å². The van der Waals surface area contributed by atoms with E-state index < -0.39 is 28.0 Å². The number of rotatable bonds is 5. The quantitative estimate of drug-likeness (QED) is 0.357. The summed E-state index contributed by atoms with van der Waals surface area (Å²) in [7, 11) is 0. The largest absolute Gasteiger partial charge is 0.436 e. The Labute approximate surface area is 184 Å². The molecule has 2 aromatic rings. The van der Waals surface area contributed by atoms with Crippen LogP contribution >= 0.6 is 31.9 Å². The lowest BCUT2D eigenvalue weighted by Gasteiger charge is -2.19. The summed E-state index contributed by atoms with van der Waals surface area (Å²) < 4.78 is 25.3. The van der Waals surface area contributed by atoms with Gasteiger partial charge in [-0.1, -0.05) is 32.0 Å². The first kappa shape index (κ1) is 21.5. The minimum absolute atomic E-state index is 0.203. The topological polar surface area (TPSA) is 72.2 Å². The summed E-state index contributed by atoms with van der Waals surface area (Å²) >= 11 is 6.71. The van der Waals surface area contributed by atoms with Crippen LogP contribution in [0.5, 0.6) is 11.6 Å². The maximum absolute atomic E-state index is 14.4. The van der Waals surface area contributed by atoms with E-state index in [1.807, 2.05) is 19.9 Å². The van der Waals surface area contributed by atoms with Gasteiger partial charge >= 0.3 is 5.97 Å². The fraction of sp³-hybridized carbons (Fsp3) is 0.286. The third-order valence-corrected chi connectivity index (χ3v) is 6.47. The molecule has 150 valence electrons. The van der Waals surface area contributed by atoms with E-state index >= 15 is 0 Å². The van der Waals surface area contributed by atoms with Crippen molar-refractivity contribution in [3.63, 3.8) is 0 Å². The molecule has 0 N–H and O–H groups in total. The molecule has 1 aliphatic carbocycles. The third kappa shape index (κ3) is 3.17. The number of hydrogen-bond acceptors (Lipinski definition) is 5. The fourth-order valence-electron chi connectivity index (χ4n) is 4.15. The zero-order valence-corrected chi connectivity index (χ0v) is 19.0. The summed E-state index contributed by atoms with van der Waals surface area (Å²) in [4.78, 5) is 17.1. The average molecular weight is 524 g/mol. The van der Waals surface area contributed by atoms with Crippen LogP contribution in [-0.2, 0) is 14.9 Å². The van der Waals surface area contributed by atoms with Crippen molar-refractivity contribution < 1.29 is 18.7 Å². The first-order valence-electron chi connectivity index (χ1n) is 8.66. The molecule has 0 radical (unpaired) electrons. The van der Waals surface area contributed by atoms with Crippen molar-refractivity contribution in [1.29, 1.82) is 5.26 Å². The number of carbonyl (C=O) groups is 1. The number of benzene rings is 1. The Kier molecular flexibility index (Phi) is 5.58. The van der Waals surface area contributed by atoms with Crippen molar-refractivity contribution in [2.75, 3.05) is 0 Å². The Bertz CT molecular complexity index is 1030. The zero-order chi connectivity index (χ0) is 21.4. The highest BCUT2D eigenvalue weighted by Crippen LogP contribution is 2.79. The second kappa shape index (κ2) is 7.54. The van der Waals surface area contributed by atoms with Gasteiger partial charge in [-0.2, -0.15) is 0 Å². The Morgan fingerprint density at radius 1 is 1.17 bits per heavy atom. The van der Waals surface area contributed by atoms with E-state index in [1.165, 1.54) is 18.4 Å². The summed E-state index contributed by atoms with van der Waals surface area (Å²) in [6.45, 7) is 5.44. The molecule has 29 heavy (non-hydrogen) atoms. The first-order valence-corrected chi connectivity index (χ1v) is 10.2. The number of ether oxygens (including phenoxy) is 2. The van der Waals surface area contributed by atoms with Crippen molar-refractivity contribution in [1.82, 2.24) is 4.98 Å². The van der Waals surface area contributed by atoms with E-state index in [1.54, 1.807) is 37.3 Å². The van der Waals surface area contributed by atoms with Gasteiger partial charge in [0.2, 0.25) is 0 Å². The first-order chi connectivity index (χ1) is 13.6. The van der Waals surface area contributed by atoms with Gasteiger partial charge in [0.05, 0.1) is 19.9 Å². The van der Waals surface area contributed by atoms with Gasteiger partial charge in [0.15, 0.2) is 5.82 Å². The van der Waals surface area contributed by atoms with E-state index in [0.29, 0.717) is 14.8 Å². The van der Waals surface area contributed by atoms with Crippen LogP contribution in [0.25, 0.3) is 0 Å². The number of halogens is 3. The molecular weight excluding hydrogens is 507 g/mol. The second-order valence-corrected chi connectivity index (χ2v) is 10.1. The maximum Gasteiger partial charge on any atom is 0.329 e. The van der Waals surface area contributed by atoms with E-state index in [2.05, 4.69) is 41.6 Å². The molecule has 1 saturated carbocycles. The van der Waals surface area contributed by atoms with Crippen molar-refractivity contribution in [3.8, 4) is 17.9 Å². The molecule has 2 unspecified atom stereocenters. The molecule has 0 amide bonds. The molecule has 1 heterocycles. The van der Waals surface area contributed by atoms with E-state index in [0.717, 1.165) is 0 Å². The van der Waals surface area contributed by atoms with Crippen LogP contribution in [0.15, 0.2) is 51.9 Å². The molecule has 1 aliphatic rings. The number of allylic oxidation sites excluding steroid dienone is 1. The lowest BCUT2D eigenvalue weighted by molar-refractivity contribution is -0.144. The molecular formula is C21H17Br2FN2O3. The van der Waals surface area contributed by atoms with E-state index in [4.69, 9.17) is 10.00 Å². The average Bonchev–Trinajstić information content (AvgIpc) is 3.06. The third-order valence-electron chi connectivity index (χ3n) is 6.01. The second-order valence-electron chi connectivity index (χ2n) is 7.37. The molecule has 0 saturated heterocycles. The summed E-state index contributed by atoms with van der Waals surface area (Å²) in [6.07, 6.45) is 3.22. The summed E-state index contributed by atoms with van der Waals surface area (Å²) in [6, 6.07) is 11.5. The number of pyridine rings is 1. The van der Waals surface area contributed by atoms with Crippen molar-refractivity contribution >= 4 is 37.8 Å². The normalized spacial score (nSPS) is 24.2. The van der Waals surface area contributed by atoms with Gasteiger partial charge in [-0.05, 0) is 74.5 Å². The Morgan fingerprint density at radius 3 is 2.41 bits per heavy atom. The summed E-state index contributed by atoms with van der Waals surface area (Å²) in [5, 5.41) is 8.85. The van der Waals surface area contributed by atoms with Crippen molar-refractivity contribution in [2.45, 2.75) is 26.2 Å². The smallest absolute Gasteiger partial charge is 0.329 e. The maximum atomic E-state index is 14.4. The molecule has 0 aliphatic heterocycles. The monoisotopic (exact) mass is 522 g/mol. The predicted molar refractivity (Wildman–Crippen MR) is 112 cm³/mol. The van der Waals surface area contributed by atoms with Crippen LogP contribution in [0.4, 0.5) is 4.39 Å². The number of carbonyl (C=O) groups excluding carboxylic acids is 1. The van der Waals surface area contributed by atoms with Gasteiger partial charge in [-0.3, -0.25) is 4.79 Å². The summed E-state index contributed by atoms with van der Waals surface area (Å²) in [5.41, 5.74) is -2.35. The minimum atomic E-state index is -1.11. The highest BCUT2D eigenvalue weighted by Gasteiger charge is 2.84. The van der Waals surface area contributed by atoms with Gasteiger partial charge in [-0.25, -0.2) is 9.37 Å². The molecule has 1 fully saturated rings. The molecule has 2 atom stereocenters. The molecule has 1 aromatic carbocycles. The van der Waals surface area contributed by atoms with Crippen LogP contribution in [-0.4, -0.2) is 11.0 Å². The SMILES string of the molecule is CC1(C)C(C)(C(=O)OC#N)C1(C=C(Br)Br)c1ccc(F)c(Oc2ccccc2)n1. The lowest BCUT2D eigenvalue weighted by Crippen LogP contribution is -2.25. The molecule has 8 heteroatoms. The number of hydrogen-bond donors (Lipinski definition) is 0. The molecule has 0 bridgehead atoms. The van der Waals surface area contributed by atoms with Crippen LogP contribution in [0.3, 0.4) is 0 Å². The van der Waals surface area contributed by atoms with E-state index in [-0.39, 0.29) is 5.88 Å². The highest BCUT2D eigenvalue weighted by atomic mass is 79.9. The van der Waals surface area contributed by atoms with Gasteiger partial charge in [0, 0.05) is 0 Å². The van der Waals surface area contributed by atoms with Crippen molar-refractivity contribution in [2.24, 2.45) is 10.8 Å². The minimum Gasteiger partial charge on any atom is -0.436 e. The van der Waals surface area contributed by atoms with Crippen LogP contribution in [0.1, 0.15) is 26.5 Å². The number of esters is 1. The zero-order valence-electron chi connectivity index (χ0n) is 15.9. The van der Waals surface area contributed by atoms with E-state index in [9.17, 15) is 9.18 Å². The fourth-order valence-corrected chi connectivity index (χ4v) is 4.83. The van der Waals surface area contributed by atoms with Gasteiger partial charge in [0.1, 0.15) is 5.75 Å². The lowest BCUT2D eigenvalue weighted by atomic mass is 9.89. The predicted octanol–water partition coefficient (Wildman–Crippen LogP) is 5.95. The number of aromatic nitrogens is 1. The molecule has 3 rings (SSSR count). The number of nitrogens with zero attached hydrogens (tertiary/aromatic N) is 2. The standard InChI is InChI=1S/C21H17Br2FN2O3/c1-19(2)20(3,18(27)28-12-25)21(19,11-16(22)23)15-10-9-14(24)17(26-15)29-13-7-5-4-6-8-13/h4-11H,1-3H3. The van der Waals surface area contributed by atoms with Gasteiger partial charge in [-0.15, -0.1) is 5.26 Å². The Morgan fingerprint density at radius 2 is 1.83 bits per heavy atom. The number of para-hydroxylation sites is 1. The molecule has 1 aromatic heterocycles. The highest BCUT2D eigenvalue weighted by molar-refractivity contribution is 9.28. The Balaban J connectivity index is 2.15. The molecule has 5 nitrogen and oxygen atoms in total. The van der Waals surface area contributed by atoms with Crippen LogP contribution in [0.2, 0.25) is 0 Å². The van der Waals surface area contributed by atoms with Gasteiger partial charge in [0.25, 0.3) is 12.1 Å². The van der Waals surface area contributed by atoms with Gasteiger partial charge < -0.3 is 9.47 Å². The molecule has 0 spiro atoms. The number of nitriles is 1. The Hall–Kier alpha value is -2.24. The van der Waals surface area contributed by atoms with Crippen LogP contribution < -0.4 is 4.74 Å².